The molecule has 0 aliphatic carbocycles. The Morgan fingerprint density at radius 3 is 2.45 bits per heavy atom. The highest BCUT2D eigenvalue weighted by Gasteiger charge is 2.13. The number of non-ortho nitro benzene ring substituents is 1. The van der Waals surface area contributed by atoms with Gasteiger partial charge < -0.3 is 15.2 Å². The lowest BCUT2D eigenvalue weighted by atomic mass is 10.1. The Kier molecular flexibility index (Phi) is 7.66. The van der Waals surface area contributed by atoms with E-state index in [1.807, 2.05) is 6.07 Å². The fourth-order valence-corrected chi connectivity index (χ4v) is 3.72. The number of amides is 1. The van der Waals surface area contributed by atoms with E-state index >= 15 is 0 Å². The van der Waals surface area contributed by atoms with Gasteiger partial charge in [-0.15, -0.1) is 0 Å². The third kappa shape index (κ3) is 6.32. The molecule has 3 aromatic rings. The Balaban J connectivity index is 1.74. The number of nitriles is 1. The molecule has 2 N–H and O–H groups in total. The van der Waals surface area contributed by atoms with Crippen LogP contribution in [0, 0.1) is 21.4 Å². The van der Waals surface area contributed by atoms with Crippen LogP contribution >= 0.6 is 27.5 Å². The Labute approximate surface area is 202 Å². The minimum absolute atomic E-state index is 0.0168. The first-order chi connectivity index (χ1) is 15.8. The number of ether oxygens (including phenoxy) is 1. The van der Waals surface area contributed by atoms with Crippen LogP contribution in [0.1, 0.15) is 11.1 Å². The summed E-state index contributed by atoms with van der Waals surface area (Å²) in [6.45, 7) is 0.129. The van der Waals surface area contributed by atoms with Crippen LogP contribution in [-0.2, 0) is 11.4 Å². The van der Waals surface area contributed by atoms with Crippen LogP contribution < -0.4 is 10.1 Å². The zero-order valence-corrected chi connectivity index (χ0v) is 19.1. The molecular formula is C23H15BrClN3O5. The molecule has 0 bridgehead atoms. The molecule has 8 nitrogen and oxygen atoms in total. The quantitative estimate of drug-likeness (QED) is 0.130. The number of nitro benzene ring substituents is 1. The maximum atomic E-state index is 12.4. The van der Waals surface area contributed by atoms with Crippen LogP contribution in [0.4, 0.5) is 11.4 Å². The summed E-state index contributed by atoms with van der Waals surface area (Å²) in [5.41, 5.74) is 1.47. The standard InChI is InChI=1S/C23H15BrClN3O5/c24-20-10-15(9-16(12-26)23(30)27-17-3-7-19(29)8-4-17)11-21(25)22(20)33-13-14-1-5-18(6-2-14)28(31)32/h1-11,29H,13H2,(H,27,30)/b16-9-. The minimum atomic E-state index is -0.617. The lowest BCUT2D eigenvalue weighted by Gasteiger charge is -2.11. The van der Waals surface area contributed by atoms with Gasteiger partial charge in [0.05, 0.1) is 14.4 Å². The summed E-state index contributed by atoms with van der Waals surface area (Å²) in [5.74, 6) is -0.215. The van der Waals surface area contributed by atoms with E-state index in [1.54, 1.807) is 24.3 Å². The predicted molar refractivity (Wildman–Crippen MR) is 127 cm³/mol. The molecular weight excluding hydrogens is 514 g/mol. The first-order valence-electron chi connectivity index (χ1n) is 9.34. The topological polar surface area (TPSA) is 125 Å². The zero-order valence-electron chi connectivity index (χ0n) is 16.8. The molecule has 3 aromatic carbocycles. The summed E-state index contributed by atoms with van der Waals surface area (Å²) in [6.07, 6.45) is 1.38. The molecule has 0 saturated heterocycles. The summed E-state index contributed by atoms with van der Waals surface area (Å²) in [4.78, 5) is 22.7. The number of aromatic hydroxyl groups is 1. The normalized spacial score (nSPS) is 10.9. The SMILES string of the molecule is N#C/C(=C/c1cc(Cl)c(OCc2ccc([N+](=O)[O-])cc2)c(Br)c1)C(=O)Nc1ccc(O)cc1. The van der Waals surface area contributed by atoms with Crippen LogP contribution in [0.3, 0.4) is 0 Å². The summed E-state index contributed by atoms with van der Waals surface area (Å²) >= 11 is 9.71. The second-order valence-corrected chi connectivity index (χ2v) is 7.96. The maximum absolute atomic E-state index is 12.4. The van der Waals surface area contributed by atoms with Crippen molar-refractivity contribution in [3.05, 3.63) is 97.0 Å². The van der Waals surface area contributed by atoms with Gasteiger partial charge in [-0.25, -0.2) is 0 Å². The van der Waals surface area contributed by atoms with Gasteiger partial charge in [0, 0.05) is 17.8 Å². The molecule has 0 radical (unpaired) electrons. The van der Waals surface area contributed by atoms with Gasteiger partial charge in [0.15, 0.2) is 5.75 Å². The van der Waals surface area contributed by atoms with Crippen molar-refractivity contribution in [2.45, 2.75) is 6.61 Å². The van der Waals surface area contributed by atoms with E-state index in [0.29, 0.717) is 27.0 Å². The van der Waals surface area contributed by atoms with Gasteiger partial charge in [0.25, 0.3) is 11.6 Å². The molecule has 10 heteroatoms. The Morgan fingerprint density at radius 1 is 1.21 bits per heavy atom. The first-order valence-corrected chi connectivity index (χ1v) is 10.5. The molecule has 0 spiro atoms. The highest BCUT2D eigenvalue weighted by molar-refractivity contribution is 9.10. The van der Waals surface area contributed by atoms with Crippen molar-refractivity contribution in [3.8, 4) is 17.6 Å². The van der Waals surface area contributed by atoms with Gasteiger partial charge in [-0.2, -0.15) is 5.26 Å². The molecule has 1 amide bonds. The van der Waals surface area contributed by atoms with Crippen molar-refractivity contribution in [2.75, 3.05) is 5.32 Å². The number of phenols is 1. The molecule has 0 saturated carbocycles. The predicted octanol–water partition coefficient (Wildman–Crippen LogP) is 5.84. The minimum Gasteiger partial charge on any atom is -0.508 e. The van der Waals surface area contributed by atoms with Gasteiger partial charge >= 0.3 is 0 Å². The largest absolute Gasteiger partial charge is 0.508 e. The average Bonchev–Trinajstić information content (AvgIpc) is 2.78. The summed E-state index contributed by atoms with van der Waals surface area (Å²) in [7, 11) is 0. The second-order valence-electron chi connectivity index (χ2n) is 6.70. The van der Waals surface area contributed by atoms with Gasteiger partial charge in [-0.3, -0.25) is 14.9 Å². The number of nitrogens with one attached hydrogen (secondary N) is 1. The van der Waals surface area contributed by atoms with E-state index in [9.17, 15) is 25.3 Å². The third-order valence-corrected chi connectivity index (χ3v) is 5.22. The molecule has 33 heavy (non-hydrogen) atoms. The van der Waals surface area contributed by atoms with Crippen LogP contribution in [0.5, 0.6) is 11.5 Å². The van der Waals surface area contributed by atoms with Gasteiger partial charge in [0.2, 0.25) is 0 Å². The number of hydrogen-bond donors (Lipinski definition) is 2. The number of halogens is 2. The van der Waals surface area contributed by atoms with Crippen LogP contribution in [0.15, 0.2) is 70.7 Å². The van der Waals surface area contributed by atoms with Crippen LogP contribution in [0.2, 0.25) is 5.02 Å². The molecule has 0 fully saturated rings. The fraction of sp³-hybridized carbons (Fsp3) is 0.0435. The lowest BCUT2D eigenvalue weighted by molar-refractivity contribution is -0.384. The van der Waals surface area contributed by atoms with Gasteiger partial charge in [-0.05, 0) is 81.7 Å². The molecule has 0 heterocycles. The average molecular weight is 529 g/mol. The first kappa shape index (κ1) is 23.8. The van der Waals surface area contributed by atoms with Crippen molar-refractivity contribution in [1.29, 1.82) is 5.26 Å². The van der Waals surface area contributed by atoms with E-state index < -0.39 is 10.8 Å². The van der Waals surface area contributed by atoms with Crippen molar-refractivity contribution in [2.24, 2.45) is 0 Å². The van der Waals surface area contributed by atoms with Crippen LogP contribution in [0.25, 0.3) is 6.08 Å². The fourth-order valence-electron chi connectivity index (χ4n) is 2.73. The molecule has 0 aliphatic heterocycles. The number of anilines is 1. The van der Waals surface area contributed by atoms with Crippen molar-refractivity contribution in [3.63, 3.8) is 0 Å². The molecule has 166 valence electrons. The number of hydrogen-bond acceptors (Lipinski definition) is 6. The number of carbonyl (C=O) groups is 1. The van der Waals surface area contributed by atoms with E-state index in [0.717, 1.165) is 0 Å². The molecule has 3 rings (SSSR count). The Bertz CT molecular complexity index is 1250. The number of nitrogens with zero attached hydrogens (tertiary/aromatic N) is 2. The molecule has 0 unspecified atom stereocenters. The smallest absolute Gasteiger partial charge is 0.269 e. The molecule has 0 aromatic heterocycles. The summed E-state index contributed by atoms with van der Waals surface area (Å²) in [5, 5.41) is 32.3. The van der Waals surface area contributed by atoms with Gasteiger partial charge in [0.1, 0.15) is 24.0 Å². The highest BCUT2D eigenvalue weighted by atomic mass is 79.9. The maximum Gasteiger partial charge on any atom is 0.269 e. The van der Waals surface area contributed by atoms with E-state index in [1.165, 1.54) is 42.5 Å². The molecule has 0 aliphatic rings. The third-order valence-electron chi connectivity index (χ3n) is 4.35. The number of carbonyl (C=O) groups excluding carboxylic acids is 1. The second kappa shape index (κ2) is 10.6. The Hall–Kier alpha value is -3.87. The lowest BCUT2D eigenvalue weighted by Crippen LogP contribution is -2.13. The molecule has 0 atom stereocenters. The summed E-state index contributed by atoms with van der Waals surface area (Å²) in [6, 6.07) is 16.8. The zero-order chi connectivity index (χ0) is 24.0. The van der Waals surface area contributed by atoms with E-state index in [4.69, 9.17) is 16.3 Å². The van der Waals surface area contributed by atoms with E-state index in [2.05, 4.69) is 21.2 Å². The van der Waals surface area contributed by atoms with Crippen molar-refractivity contribution < 1.29 is 19.6 Å². The monoisotopic (exact) mass is 527 g/mol. The number of nitro groups is 1. The highest BCUT2D eigenvalue weighted by Crippen LogP contribution is 2.36. The number of benzene rings is 3. The van der Waals surface area contributed by atoms with Crippen LogP contribution in [-0.4, -0.2) is 15.9 Å². The van der Waals surface area contributed by atoms with E-state index in [-0.39, 0.29) is 28.6 Å². The van der Waals surface area contributed by atoms with Gasteiger partial charge in [-0.1, -0.05) is 11.6 Å². The number of rotatable bonds is 7. The number of phenolic OH excluding ortho intramolecular Hbond substituents is 1. The van der Waals surface area contributed by atoms with Crippen molar-refractivity contribution >= 4 is 50.9 Å². The summed E-state index contributed by atoms with van der Waals surface area (Å²) < 4.78 is 6.24. The Morgan fingerprint density at radius 2 is 1.88 bits per heavy atom. The van der Waals surface area contributed by atoms with Crippen molar-refractivity contribution in [1.82, 2.24) is 0 Å².